The smallest absolute Gasteiger partial charge is 0.262 e. The Balaban J connectivity index is 2.04. The van der Waals surface area contributed by atoms with Crippen molar-refractivity contribution in [2.45, 2.75) is 16.9 Å². The molecule has 0 aromatic heterocycles. The maximum atomic E-state index is 11.6. The van der Waals surface area contributed by atoms with Crippen LogP contribution in [0.5, 0.6) is 0 Å². The van der Waals surface area contributed by atoms with Crippen LogP contribution in [0.3, 0.4) is 0 Å². The van der Waals surface area contributed by atoms with Crippen LogP contribution in [0.1, 0.15) is 6.42 Å². The fourth-order valence-corrected chi connectivity index (χ4v) is 3.31. The van der Waals surface area contributed by atoms with Crippen molar-refractivity contribution in [3.05, 3.63) is 24.3 Å². The minimum absolute atomic E-state index is 0.102. The number of hydrogen-bond donors (Lipinski definition) is 2. The molecular weight excluding hydrogens is 210 g/mol. The quantitative estimate of drug-likeness (QED) is 0.498. The zero-order chi connectivity index (χ0) is 10.8. The van der Waals surface area contributed by atoms with Crippen LogP contribution < -0.4 is 11.5 Å². The van der Waals surface area contributed by atoms with Crippen molar-refractivity contribution in [3.63, 3.8) is 0 Å². The minimum Gasteiger partial charge on any atom is -0.370 e. The Morgan fingerprint density at radius 2 is 2.07 bits per heavy atom. The monoisotopic (exact) mass is 223 g/mol. The Bertz CT molecular complexity index is 338. The highest BCUT2D eigenvalue weighted by atomic mass is 32.2. The highest BCUT2D eigenvalue weighted by molar-refractivity contribution is 8.01. The molecule has 4 nitrogen and oxygen atoms in total. The molecule has 0 aromatic carbocycles. The van der Waals surface area contributed by atoms with E-state index in [2.05, 4.69) is 17.1 Å². The van der Waals surface area contributed by atoms with Crippen LogP contribution in [0.2, 0.25) is 0 Å². The van der Waals surface area contributed by atoms with Gasteiger partial charge in [-0.1, -0.05) is 24.3 Å². The standard InChI is InChI=1S/C10H13N3OS/c11-10(12)13-9(14)8-5-6-3-1-2-4-7(6)15-8/h1-4,6-8H,5H2,(H4,11,12,13,14). The molecule has 1 saturated heterocycles. The molecule has 2 rings (SSSR count). The van der Waals surface area contributed by atoms with E-state index in [1.807, 2.05) is 12.2 Å². The normalized spacial score (nSPS) is 32.4. The summed E-state index contributed by atoms with van der Waals surface area (Å²) < 4.78 is 0. The van der Waals surface area contributed by atoms with Crippen LogP contribution in [-0.2, 0) is 4.79 Å². The second kappa shape index (κ2) is 4.10. The maximum absolute atomic E-state index is 11.6. The predicted octanol–water partition coefficient (Wildman–Crippen LogP) is 0.403. The molecule has 3 atom stereocenters. The first-order valence-electron chi connectivity index (χ1n) is 4.81. The van der Waals surface area contributed by atoms with Crippen LogP contribution in [0.25, 0.3) is 0 Å². The van der Waals surface area contributed by atoms with Crippen LogP contribution in [0.4, 0.5) is 0 Å². The van der Waals surface area contributed by atoms with E-state index in [0.29, 0.717) is 11.2 Å². The molecule has 80 valence electrons. The Kier molecular flexibility index (Phi) is 2.81. The highest BCUT2D eigenvalue weighted by Crippen LogP contribution is 2.41. The minimum atomic E-state index is -0.212. The van der Waals surface area contributed by atoms with Gasteiger partial charge in [-0.2, -0.15) is 4.99 Å². The third-order valence-corrected chi connectivity index (χ3v) is 4.06. The van der Waals surface area contributed by atoms with E-state index in [1.54, 1.807) is 11.8 Å². The molecule has 0 saturated carbocycles. The Labute approximate surface area is 92.5 Å². The summed E-state index contributed by atoms with van der Waals surface area (Å²) in [5, 5.41) is 0.299. The van der Waals surface area contributed by atoms with E-state index >= 15 is 0 Å². The number of rotatable bonds is 1. The molecule has 1 heterocycles. The number of carbonyl (C=O) groups excluding carboxylic acids is 1. The van der Waals surface area contributed by atoms with Gasteiger partial charge in [0, 0.05) is 5.25 Å². The lowest BCUT2D eigenvalue weighted by Crippen LogP contribution is -2.26. The number of guanidine groups is 1. The molecular formula is C10H13N3OS. The molecule has 4 N–H and O–H groups in total. The fraction of sp³-hybridized carbons (Fsp3) is 0.400. The average molecular weight is 223 g/mol. The molecule has 1 aliphatic carbocycles. The third-order valence-electron chi connectivity index (χ3n) is 2.51. The first-order chi connectivity index (χ1) is 7.16. The molecule has 2 aliphatic rings. The molecule has 3 unspecified atom stereocenters. The summed E-state index contributed by atoms with van der Waals surface area (Å²) >= 11 is 1.64. The number of aliphatic imine (C=N–C) groups is 1. The van der Waals surface area contributed by atoms with Gasteiger partial charge in [0.15, 0.2) is 5.96 Å². The molecule has 0 bridgehead atoms. The van der Waals surface area contributed by atoms with Crippen molar-refractivity contribution in [2.75, 3.05) is 0 Å². The molecule has 0 spiro atoms. The summed E-state index contributed by atoms with van der Waals surface area (Å²) in [6.07, 6.45) is 9.13. The summed E-state index contributed by atoms with van der Waals surface area (Å²) in [4.78, 5) is 15.2. The van der Waals surface area contributed by atoms with E-state index in [0.717, 1.165) is 6.42 Å². The summed E-state index contributed by atoms with van der Waals surface area (Å²) in [5.41, 5.74) is 10.4. The lowest BCUT2D eigenvalue weighted by Gasteiger charge is -2.12. The Hall–Kier alpha value is -1.23. The Morgan fingerprint density at radius 1 is 1.33 bits per heavy atom. The van der Waals surface area contributed by atoms with Gasteiger partial charge in [0.2, 0.25) is 0 Å². The van der Waals surface area contributed by atoms with E-state index < -0.39 is 0 Å². The van der Waals surface area contributed by atoms with E-state index in [9.17, 15) is 4.79 Å². The number of hydrogen-bond acceptors (Lipinski definition) is 2. The second-order valence-electron chi connectivity index (χ2n) is 3.63. The molecule has 5 heteroatoms. The summed E-state index contributed by atoms with van der Waals surface area (Å²) in [6, 6.07) is 0. The first kappa shape index (κ1) is 10.3. The lowest BCUT2D eigenvalue weighted by molar-refractivity contribution is -0.117. The van der Waals surface area contributed by atoms with Crippen LogP contribution in [-0.4, -0.2) is 22.4 Å². The van der Waals surface area contributed by atoms with Gasteiger partial charge in [-0.3, -0.25) is 4.79 Å². The molecule has 1 fully saturated rings. The number of nitrogens with two attached hydrogens (primary N) is 2. The van der Waals surface area contributed by atoms with Crippen LogP contribution >= 0.6 is 11.8 Å². The molecule has 0 radical (unpaired) electrons. The van der Waals surface area contributed by atoms with Gasteiger partial charge >= 0.3 is 0 Å². The van der Waals surface area contributed by atoms with Gasteiger partial charge in [0.05, 0.1) is 5.25 Å². The fourth-order valence-electron chi connectivity index (χ4n) is 1.84. The summed E-state index contributed by atoms with van der Waals surface area (Å²) in [5.74, 6) is 0.0842. The topological polar surface area (TPSA) is 81.5 Å². The van der Waals surface area contributed by atoms with Gasteiger partial charge in [0.1, 0.15) is 0 Å². The van der Waals surface area contributed by atoms with E-state index in [1.165, 1.54) is 0 Å². The van der Waals surface area contributed by atoms with Crippen molar-refractivity contribution in [3.8, 4) is 0 Å². The number of carbonyl (C=O) groups is 1. The Morgan fingerprint density at radius 3 is 2.73 bits per heavy atom. The SMILES string of the molecule is NC(N)=NC(=O)C1CC2C=CC=CC2S1. The first-order valence-corrected chi connectivity index (χ1v) is 5.75. The van der Waals surface area contributed by atoms with Crippen LogP contribution in [0.15, 0.2) is 29.3 Å². The zero-order valence-electron chi connectivity index (χ0n) is 8.17. The zero-order valence-corrected chi connectivity index (χ0v) is 8.98. The average Bonchev–Trinajstić information content (AvgIpc) is 2.59. The maximum Gasteiger partial charge on any atom is 0.262 e. The molecule has 0 aromatic rings. The van der Waals surface area contributed by atoms with Gasteiger partial charge in [-0.05, 0) is 12.3 Å². The predicted molar refractivity (Wildman–Crippen MR) is 62.4 cm³/mol. The van der Waals surface area contributed by atoms with Gasteiger partial charge in [-0.25, -0.2) is 0 Å². The van der Waals surface area contributed by atoms with Gasteiger partial charge < -0.3 is 11.5 Å². The van der Waals surface area contributed by atoms with Crippen molar-refractivity contribution in [1.29, 1.82) is 0 Å². The number of allylic oxidation sites excluding steroid dienone is 3. The highest BCUT2D eigenvalue weighted by Gasteiger charge is 2.36. The van der Waals surface area contributed by atoms with Gasteiger partial charge in [-0.15, -0.1) is 11.8 Å². The number of nitrogens with zero attached hydrogens (tertiary/aromatic N) is 1. The van der Waals surface area contributed by atoms with E-state index in [-0.39, 0.29) is 17.1 Å². The third kappa shape index (κ3) is 2.23. The lowest BCUT2D eigenvalue weighted by atomic mass is 9.96. The van der Waals surface area contributed by atoms with Crippen molar-refractivity contribution < 1.29 is 4.79 Å². The van der Waals surface area contributed by atoms with Crippen molar-refractivity contribution in [2.24, 2.45) is 22.4 Å². The number of thioether (sulfide) groups is 1. The number of amides is 1. The van der Waals surface area contributed by atoms with Crippen molar-refractivity contribution in [1.82, 2.24) is 0 Å². The van der Waals surface area contributed by atoms with E-state index in [4.69, 9.17) is 11.5 Å². The summed E-state index contributed by atoms with van der Waals surface area (Å²) in [6.45, 7) is 0. The van der Waals surface area contributed by atoms with Crippen molar-refractivity contribution >= 4 is 23.6 Å². The molecule has 15 heavy (non-hydrogen) atoms. The largest absolute Gasteiger partial charge is 0.370 e. The van der Waals surface area contributed by atoms with Crippen LogP contribution in [0, 0.1) is 5.92 Å². The number of fused-ring (bicyclic) bond motifs is 1. The molecule has 1 amide bonds. The van der Waals surface area contributed by atoms with Gasteiger partial charge in [0.25, 0.3) is 5.91 Å². The second-order valence-corrected chi connectivity index (χ2v) is 5.02. The summed E-state index contributed by atoms with van der Waals surface area (Å²) in [7, 11) is 0. The molecule has 1 aliphatic heterocycles.